The van der Waals surface area contributed by atoms with E-state index >= 15 is 0 Å². The topological polar surface area (TPSA) is 66.4 Å². The minimum atomic E-state index is -3.47. The molecule has 3 rings (SSSR count). The van der Waals surface area contributed by atoms with E-state index in [1.807, 2.05) is 13.8 Å². The Morgan fingerprint density at radius 2 is 2.19 bits per heavy atom. The van der Waals surface area contributed by atoms with Gasteiger partial charge in [0.05, 0.1) is 6.61 Å². The van der Waals surface area contributed by atoms with Crippen LogP contribution < -0.4 is 4.72 Å². The second-order valence-corrected chi connectivity index (χ2v) is 9.66. The van der Waals surface area contributed by atoms with E-state index in [0.717, 1.165) is 16.4 Å². The summed E-state index contributed by atoms with van der Waals surface area (Å²) in [7, 11) is -3.47. The quantitative estimate of drug-likeness (QED) is 0.873. The molecule has 0 amide bonds. The van der Waals surface area contributed by atoms with Gasteiger partial charge in [-0.1, -0.05) is 6.42 Å². The zero-order valence-electron chi connectivity index (χ0n) is 12.5. The lowest BCUT2D eigenvalue weighted by Crippen LogP contribution is -2.39. The number of hydrogen-bond donors (Lipinski definition) is 2. The van der Waals surface area contributed by atoms with E-state index in [1.165, 1.54) is 37.0 Å². The Labute approximate surface area is 130 Å². The molecule has 2 bridgehead atoms. The monoisotopic (exact) mass is 329 g/mol. The normalized spacial score (nSPS) is 30.0. The van der Waals surface area contributed by atoms with Crippen LogP contribution >= 0.6 is 11.3 Å². The van der Waals surface area contributed by atoms with Gasteiger partial charge in [-0.15, -0.1) is 11.3 Å². The van der Waals surface area contributed by atoms with Crippen LogP contribution in [0.1, 0.15) is 43.0 Å². The molecule has 6 heteroatoms. The first-order valence-corrected chi connectivity index (χ1v) is 9.93. The number of fused-ring (bicyclic) bond motifs is 2. The predicted molar refractivity (Wildman–Crippen MR) is 83.7 cm³/mol. The third-order valence-electron chi connectivity index (χ3n) is 5.18. The third kappa shape index (κ3) is 2.91. The van der Waals surface area contributed by atoms with Crippen LogP contribution in [-0.2, 0) is 16.6 Å². The molecule has 2 N–H and O–H groups in total. The Morgan fingerprint density at radius 1 is 1.43 bits per heavy atom. The molecular weight excluding hydrogens is 306 g/mol. The van der Waals surface area contributed by atoms with Crippen LogP contribution in [-0.4, -0.2) is 19.6 Å². The Kier molecular flexibility index (Phi) is 4.16. The lowest BCUT2D eigenvalue weighted by molar-refractivity contribution is 0.280. The summed E-state index contributed by atoms with van der Waals surface area (Å²) < 4.78 is 28.2. The number of rotatable bonds is 5. The predicted octanol–water partition coefficient (Wildman–Crippen LogP) is 2.65. The van der Waals surface area contributed by atoms with Gasteiger partial charge < -0.3 is 5.11 Å². The number of aliphatic hydroxyl groups excluding tert-OH is 1. The second kappa shape index (κ2) is 5.65. The molecule has 0 aliphatic heterocycles. The highest BCUT2D eigenvalue weighted by molar-refractivity contribution is 7.91. The standard InChI is InChI=1S/C15H23NO3S2/c1-9-5-15(20-14(9)8-17)21(18,19)16-10(2)13-7-11-3-4-12(13)6-11/h5,10-13,16-17H,3-4,6-8H2,1-2H3. The Balaban J connectivity index is 1.73. The maximum absolute atomic E-state index is 12.5. The molecule has 2 fully saturated rings. The van der Waals surface area contributed by atoms with Gasteiger partial charge in [0.1, 0.15) is 4.21 Å². The summed E-state index contributed by atoms with van der Waals surface area (Å²) in [6.45, 7) is 3.73. The lowest BCUT2D eigenvalue weighted by Gasteiger charge is -2.28. The zero-order chi connectivity index (χ0) is 15.2. The summed E-state index contributed by atoms with van der Waals surface area (Å²) in [6.07, 6.45) is 5.03. The molecule has 4 atom stereocenters. The molecule has 2 aliphatic rings. The van der Waals surface area contributed by atoms with E-state index in [0.29, 0.717) is 16.0 Å². The van der Waals surface area contributed by atoms with Crippen molar-refractivity contribution in [2.24, 2.45) is 17.8 Å². The maximum atomic E-state index is 12.5. The lowest BCUT2D eigenvalue weighted by atomic mass is 9.84. The second-order valence-electron chi connectivity index (χ2n) is 6.58. The molecule has 1 aromatic rings. The summed E-state index contributed by atoms with van der Waals surface area (Å²) in [5, 5.41) is 9.22. The number of aryl methyl sites for hydroxylation is 1. The van der Waals surface area contributed by atoms with Crippen molar-refractivity contribution in [2.45, 2.75) is 56.4 Å². The van der Waals surface area contributed by atoms with Crippen LogP contribution in [0.4, 0.5) is 0 Å². The molecule has 0 spiro atoms. The van der Waals surface area contributed by atoms with Crippen molar-refractivity contribution in [3.8, 4) is 0 Å². The minimum Gasteiger partial charge on any atom is -0.391 e. The van der Waals surface area contributed by atoms with Crippen molar-refractivity contribution in [2.75, 3.05) is 0 Å². The van der Waals surface area contributed by atoms with Gasteiger partial charge in [0.25, 0.3) is 0 Å². The fourth-order valence-corrected chi connectivity index (χ4v) is 6.83. The van der Waals surface area contributed by atoms with E-state index < -0.39 is 10.0 Å². The first kappa shape index (κ1) is 15.5. The Morgan fingerprint density at radius 3 is 2.71 bits per heavy atom. The molecule has 21 heavy (non-hydrogen) atoms. The molecule has 0 radical (unpaired) electrons. The molecule has 4 unspecified atom stereocenters. The number of aliphatic hydroxyl groups is 1. The third-order valence-corrected chi connectivity index (χ3v) is 8.44. The van der Waals surface area contributed by atoms with Crippen molar-refractivity contribution in [1.82, 2.24) is 4.72 Å². The molecule has 1 heterocycles. The van der Waals surface area contributed by atoms with E-state index in [2.05, 4.69) is 4.72 Å². The maximum Gasteiger partial charge on any atom is 0.250 e. The highest BCUT2D eigenvalue weighted by Crippen LogP contribution is 2.49. The molecule has 0 saturated heterocycles. The highest BCUT2D eigenvalue weighted by Gasteiger charge is 2.42. The molecule has 118 valence electrons. The van der Waals surface area contributed by atoms with Crippen molar-refractivity contribution in [3.05, 3.63) is 16.5 Å². The van der Waals surface area contributed by atoms with Crippen LogP contribution in [0.3, 0.4) is 0 Å². The minimum absolute atomic E-state index is 0.00900. The molecule has 2 saturated carbocycles. The van der Waals surface area contributed by atoms with Crippen molar-refractivity contribution < 1.29 is 13.5 Å². The van der Waals surface area contributed by atoms with Crippen LogP contribution in [0.25, 0.3) is 0 Å². The fraction of sp³-hybridized carbons (Fsp3) is 0.733. The molecule has 0 aromatic carbocycles. The van der Waals surface area contributed by atoms with Gasteiger partial charge in [-0.05, 0) is 62.5 Å². The van der Waals surface area contributed by atoms with Gasteiger partial charge in [0.2, 0.25) is 10.0 Å². The van der Waals surface area contributed by atoms with Crippen molar-refractivity contribution in [3.63, 3.8) is 0 Å². The number of nitrogens with one attached hydrogen (secondary N) is 1. The van der Waals surface area contributed by atoms with Crippen molar-refractivity contribution >= 4 is 21.4 Å². The van der Waals surface area contributed by atoms with Gasteiger partial charge in [0, 0.05) is 10.9 Å². The van der Waals surface area contributed by atoms with Gasteiger partial charge in [-0.25, -0.2) is 13.1 Å². The summed E-state index contributed by atoms with van der Waals surface area (Å²) >= 11 is 1.17. The first-order chi connectivity index (χ1) is 9.90. The van der Waals surface area contributed by atoms with E-state index in [1.54, 1.807) is 6.07 Å². The number of thiophene rings is 1. The molecule has 4 nitrogen and oxygen atoms in total. The fourth-order valence-electron chi connectivity index (χ4n) is 4.07. The Hall–Kier alpha value is -0.430. The summed E-state index contributed by atoms with van der Waals surface area (Å²) in [5.74, 6) is 2.00. The average molecular weight is 329 g/mol. The molecular formula is C15H23NO3S2. The first-order valence-electron chi connectivity index (χ1n) is 7.63. The molecule has 1 aromatic heterocycles. The van der Waals surface area contributed by atoms with Crippen molar-refractivity contribution in [1.29, 1.82) is 0 Å². The summed E-state index contributed by atoms with van der Waals surface area (Å²) in [5.41, 5.74) is 0.843. The average Bonchev–Trinajstić information content (AvgIpc) is 3.12. The van der Waals surface area contributed by atoms with Crippen LogP contribution in [0.15, 0.2) is 10.3 Å². The van der Waals surface area contributed by atoms with Crippen LogP contribution in [0.5, 0.6) is 0 Å². The van der Waals surface area contributed by atoms with Gasteiger partial charge in [0.15, 0.2) is 0 Å². The van der Waals surface area contributed by atoms with Gasteiger partial charge in [-0.3, -0.25) is 0 Å². The SMILES string of the molecule is Cc1cc(S(=O)(=O)NC(C)C2CC3CCC2C3)sc1CO. The summed E-state index contributed by atoms with van der Waals surface area (Å²) in [6, 6.07) is 1.65. The summed E-state index contributed by atoms with van der Waals surface area (Å²) in [4.78, 5) is 0.725. The highest BCUT2D eigenvalue weighted by atomic mass is 32.2. The van der Waals surface area contributed by atoms with E-state index in [4.69, 9.17) is 0 Å². The number of hydrogen-bond acceptors (Lipinski definition) is 4. The van der Waals surface area contributed by atoms with Crippen LogP contribution in [0, 0.1) is 24.7 Å². The van der Waals surface area contributed by atoms with Gasteiger partial charge in [-0.2, -0.15) is 0 Å². The zero-order valence-corrected chi connectivity index (χ0v) is 14.1. The largest absolute Gasteiger partial charge is 0.391 e. The van der Waals surface area contributed by atoms with E-state index in [9.17, 15) is 13.5 Å². The van der Waals surface area contributed by atoms with E-state index in [-0.39, 0.29) is 12.6 Å². The van der Waals surface area contributed by atoms with Crippen LogP contribution in [0.2, 0.25) is 0 Å². The smallest absolute Gasteiger partial charge is 0.250 e. The Bertz CT molecular complexity index is 623. The molecule has 2 aliphatic carbocycles. The van der Waals surface area contributed by atoms with Gasteiger partial charge >= 0.3 is 0 Å². The number of sulfonamides is 1.